The van der Waals surface area contributed by atoms with E-state index in [0.717, 1.165) is 32.0 Å². The van der Waals surface area contributed by atoms with Crippen LogP contribution in [-0.2, 0) is 16.0 Å². The van der Waals surface area contributed by atoms with Crippen LogP contribution >= 0.6 is 24.0 Å². The number of ether oxygens (including phenoxy) is 1. The summed E-state index contributed by atoms with van der Waals surface area (Å²) in [7, 11) is 3.45. The molecule has 7 heteroatoms. The molecule has 1 aromatic carbocycles. The van der Waals surface area contributed by atoms with Crippen LogP contribution in [0.1, 0.15) is 25.8 Å². The third kappa shape index (κ3) is 8.04. The Morgan fingerprint density at radius 3 is 2.63 bits per heavy atom. The SMILES string of the molecule is CN=C(NCC1CC(=O)N(CCc2ccccc2)C1)NCC(C)(C)OC.I. The number of aliphatic imine (C=N–C) groups is 1. The van der Waals surface area contributed by atoms with Crippen molar-refractivity contribution in [2.24, 2.45) is 10.9 Å². The van der Waals surface area contributed by atoms with Gasteiger partial charge >= 0.3 is 0 Å². The summed E-state index contributed by atoms with van der Waals surface area (Å²) in [6.07, 6.45) is 1.50. The maximum absolute atomic E-state index is 12.3. The van der Waals surface area contributed by atoms with Gasteiger partial charge in [0.15, 0.2) is 5.96 Å². The lowest BCUT2D eigenvalue weighted by Gasteiger charge is -2.25. The molecule has 1 aliphatic heterocycles. The first-order valence-corrected chi connectivity index (χ1v) is 9.25. The van der Waals surface area contributed by atoms with Crippen molar-refractivity contribution in [1.82, 2.24) is 15.5 Å². The number of halogens is 1. The lowest BCUT2D eigenvalue weighted by Crippen LogP contribution is -2.46. The van der Waals surface area contributed by atoms with Gasteiger partial charge in [-0.2, -0.15) is 0 Å². The molecule has 6 nitrogen and oxygen atoms in total. The van der Waals surface area contributed by atoms with E-state index in [0.29, 0.717) is 18.9 Å². The minimum Gasteiger partial charge on any atom is -0.377 e. The van der Waals surface area contributed by atoms with Gasteiger partial charge in [0.2, 0.25) is 5.91 Å². The van der Waals surface area contributed by atoms with Gasteiger partial charge in [0, 0.05) is 52.7 Å². The predicted octanol–water partition coefficient (Wildman–Crippen LogP) is 2.29. The fourth-order valence-corrected chi connectivity index (χ4v) is 2.95. The summed E-state index contributed by atoms with van der Waals surface area (Å²) in [6.45, 7) is 7.03. The number of hydrogen-bond donors (Lipinski definition) is 2. The largest absolute Gasteiger partial charge is 0.377 e. The van der Waals surface area contributed by atoms with Crippen molar-refractivity contribution in [2.45, 2.75) is 32.3 Å². The van der Waals surface area contributed by atoms with Gasteiger partial charge in [-0.05, 0) is 25.8 Å². The maximum Gasteiger partial charge on any atom is 0.223 e. The quantitative estimate of drug-likeness (QED) is 0.335. The number of carbonyl (C=O) groups is 1. The highest BCUT2D eigenvalue weighted by molar-refractivity contribution is 14.0. The summed E-state index contributed by atoms with van der Waals surface area (Å²) in [6, 6.07) is 10.3. The molecule has 1 amide bonds. The zero-order valence-electron chi connectivity index (χ0n) is 16.8. The topological polar surface area (TPSA) is 66.0 Å². The van der Waals surface area contributed by atoms with Crippen LogP contribution in [0.4, 0.5) is 0 Å². The molecule has 1 fully saturated rings. The summed E-state index contributed by atoms with van der Waals surface area (Å²) in [5.41, 5.74) is 1.02. The second-order valence-corrected chi connectivity index (χ2v) is 7.42. The Morgan fingerprint density at radius 1 is 1.30 bits per heavy atom. The Bertz CT molecular complexity index is 607. The number of carbonyl (C=O) groups excluding carboxylic acids is 1. The van der Waals surface area contributed by atoms with Crippen LogP contribution in [0.25, 0.3) is 0 Å². The summed E-state index contributed by atoms with van der Waals surface area (Å²) in [4.78, 5) is 18.5. The van der Waals surface area contributed by atoms with Crippen molar-refractivity contribution in [3.8, 4) is 0 Å². The van der Waals surface area contributed by atoms with E-state index >= 15 is 0 Å². The first-order chi connectivity index (χ1) is 12.4. The molecular weight excluding hydrogens is 455 g/mol. The number of hydrogen-bond acceptors (Lipinski definition) is 3. The van der Waals surface area contributed by atoms with E-state index < -0.39 is 0 Å². The number of benzene rings is 1. The van der Waals surface area contributed by atoms with Crippen LogP contribution in [0.3, 0.4) is 0 Å². The Hall–Kier alpha value is -1.35. The lowest BCUT2D eigenvalue weighted by molar-refractivity contribution is -0.127. The van der Waals surface area contributed by atoms with Gasteiger partial charge in [-0.15, -0.1) is 24.0 Å². The van der Waals surface area contributed by atoms with Gasteiger partial charge < -0.3 is 20.3 Å². The first-order valence-electron chi connectivity index (χ1n) is 9.25. The van der Waals surface area contributed by atoms with E-state index in [1.54, 1.807) is 14.2 Å². The highest BCUT2D eigenvalue weighted by atomic mass is 127. The summed E-state index contributed by atoms with van der Waals surface area (Å²) in [5.74, 6) is 1.30. The maximum atomic E-state index is 12.3. The highest BCUT2D eigenvalue weighted by Gasteiger charge is 2.29. The zero-order chi connectivity index (χ0) is 19.0. The molecule has 2 rings (SSSR count). The van der Waals surface area contributed by atoms with Gasteiger partial charge in [0.05, 0.1) is 5.60 Å². The number of guanidine groups is 1. The minimum absolute atomic E-state index is 0. The molecule has 1 unspecified atom stereocenters. The van der Waals surface area contributed by atoms with Crippen molar-refractivity contribution in [3.05, 3.63) is 35.9 Å². The number of likely N-dealkylation sites (tertiary alicyclic amines) is 1. The second kappa shape index (κ2) is 11.5. The van der Waals surface area contributed by atoms with Crippen molar-refractivity contribution in [2.75, 3.05) is 40.3 Å². The molecule has 1 atom stereocenters. The molecule has 2 N–H and O–H groups in total. The number of rotatable bonds is 8. The molecular formula is C20H33IN4O2. The van der Waals surface area contributed by atoms with Crippen molar-refractivity contribution >= 4 is 35.8 Å². The second-order valence-electron chi connectivity index (χ2n) is 7.42. The molecule has 1 aliphatic rings. The number of amides is 1. The van der Waals surface area contributed by atoms with E-state index in [9.17, 15) is 4.79 Å². The van der Waals surface area contributed by atoms with Gasteiger partial charge in [0.25, 0.3) is 0 Å². The van der Waals surface area contributed by atoms with E-state index in [1.165, 1.54) is 5.56 Å². The first kappa shape index (κ1) is 23.7. The van der Waals surface area contributed by atoms with Crippen molar-refractivity contribution in [1.29, 1.82) is 0 Å². The summed E-state index contributed by atoms with van der Waals surface area (Å²) in [5, 5.41) is 6.60. The highest BCUT2D eigenvalue weighted by Crippen LogP contribution is 2.17. The van der Waals surface area contributed by atoms with Gasteiger partial charge in [-0.25, -0.2) is 0 Å². The Kier molecular flexibility index (Phi) is 10.1. The van der Waals surface area contributed by atoms with Crippen LogP contribution in [0.5, 0.6) is 0 Å². The standard InChI is InChI=1S/C20H32N4O2.HI/c1-20(2,26-4)15-23-19(21-3)22-13-17-12-18(25)24(14-17)11-10-16-8-6-5-7-9-16;/h5-9,17H,10-15H2,1-4H3,(H2,21,22,23);1H. The van der Waals surface area contributed by atoms with E-state index in [2.05, 4.69) is 27.8 Å². The van der Waals surface area contributed by atoms with Crippen LogP contribution < -0.4 is 10.6 Å². The molecule has 0 radical (unpaired) electrons. The van der Waals surface area contributed by atoms with Crippen molar-refractivity contribution in [3.63, 3.8) is 0 Å². The molecule has 152 valence electrons. The van der Waals surface area contributed by atoms with Gasteiger partial charge in [-0.1, -0.05) is 30.3 Å². The molecule has 0 aliphatic carbocycles. The average Bonchev–Trinajstić information content (AvgIpc) is 3.00. The van der Waals surface area contributed by atoms with Gasteiger partial charge in [0.1, 0.15) is 0 Å². The van der Waals surface area contributed by atoms with Crippen LogP contribution in [0, 0.1) is 5.92 Å². The molecule has 0 spiro atoms. The fourth-order valence-electron chi connectivity index (χ4n) is 2.95. The third-order valence-electron chi connectivity index (χ3n) is 4.82. The Morgan fingerprint density at radius 2 is 2.00 bits per heavy atom. The monoisotopic (exact) mass is 488 g/mol. The number of nitrogens with one attached hydrogen (secondary N) is 2. The van der Waals surface area contributed by atoms with Gasteiger partial charge in [-0.3, -0.25) is 9.79 Å². The predicted molar refractivity (Wildman–Crippen MR) is 121 cm³/mol. The van der Waals surface area contributed by atoms with Crippen LogP contribution in [-0.4, -0.2) is 62.7 Å². The molecule has 1 aromatic rings. The molecule has 27 heavy (non-hydrogen) atoms. The van der Waals surface area contributed by atoms with E-state index in [1.807, 2.05) is 36.9 Å². The summed E-state index contributed by atoms with van der Waals surface area (Å²) < 4.78 is 5.41. The molecule has 0 bridgehead atoms. The molecule has 0 aromatic heterocycles. The van der Waals surface area contributed by atoms with Crippen LogP contribution in [0.2, 0.25) is 0 Å². The lowest BCUT2D eigenvalue weighted by atomic mass is 10.1. The normalized spacial score (nSPS) is 17.6. The molecule has 1 saturated heterocycles. The average molecular weight is 488 g/mol. The number of methoxy groups -OCH3 is 1. The minimum atomic E-state index is -0.255. The molecule has 0 saturated carbocycles. The zero-order valence-corrected chi connectivity index (χ0v) is 19.2. The van der Waals surface area contributed by atoms with Crippen molar-refractivity contribution < 1.29 is 9.53 Å². The summed E-state index contributed by atoms with van der Waals surface area (Å²) >= 11 is 0. The third-order valence-corrected chi connectivity index (χ3v) is 4.82. The Labute approximate surface area is 180 Å². The smallest absolute Gasteiger partial charge is 0.223 e. The number of nitrogens with zero attached hydrogens (tertiary/aromatic N) is 2. The van der Waals surface area contributed by atoms with E-state index in [-0.39, 0.29) is 35.5 Å². The fraction of sp³-hybridized carbons (Fsp3) is 0.600. The van der Waals surface area contributed by atoms with Crippen LogP contribution in [0.15, 0.2) is 35.3 Å². The molecule has 1 heterocycles. The van der Waals surface area contributed by atoms with E-state index in [4.69, 9.17) is 4.74 Å². The Balaban J connectivity index is 0.00000364.